The number of allylic oxidation sites excluding steroid dienone is 1. The molecule has 0 amide bonds. The summed E-state index contributed by atoms with van der Waals surface area (Å²) in [5.41, 5.74) is 0. The molecule has 0 aliphatic heterocycles. The van der Waals surface area contributed by atoms with Gasteiger partial charge in [-0.2, -0.15) is 0 Å². The molecule has 0 rings (SSSR count). The lowest BCUT2D eigenvalue weighted by atomic mass is 10.0. The topological polar surface area (TPSA) is 112 Å². The molecule has 0 radical (unpaired) electrons. The molecule has 0 aromatic rings. The molecule has 37 heavy (non-hydrogen) atoms. The number of aliphatic carboxylic acids is 3. The Morgan fingerprint density at radius 1 is 0.568 bits per heavy atom. The lowest BCUT2D eigenvalue weighted by Gasteiger charge is -2.41. The van der Waals surface area contributed by atoms with E-state index in [0.29, 0.717) is 6.54 Å². The number of carbonyl (C=O) groups is 3. The van der Waals surface area contributed by atoms with Gasteiger partial charge in [-0.1, -0.05) is 90.0 Å². The standard InChI is InChI=1S/C30H55NO6/c1-5-6-7-8-9-10-11-12-13-14-15-16-17-18-19-20-21-31(22-25(2)28(32)33,23-26(3)29(34)35)24-27(4)30(36)37/h19-20,25-27H,5-18,21-24H2,1-4H3,(H2-,32,33,34,35,36,37)/p+1/b20-19+. The molecular formula is C30H56NO6+. The maximum absolute atomic E-state index is 11.6. The molecule has 216 valence electrons. The fourth-order valence-electron chi connectivity index (χ4n) is 5.12. The van der Waals surface area contributed by atoms with Crippen molar-refractivity contribution >= 4 is 17.9 Å². The molecule has 0 aromatic carbocycles. The Bertz CT molecular complexity index is 607. The van der Waals surface area contributed by atoms with Gasteiger partial charge in [-0.05, 0) is 39.7 Å². The van der Waals surface area contributed by atoms with Gasteiger partial charge in [-0.3, -0.25) is 14.4 Å². The largest absolute Gasteiger partial charge is 0.481 e. The number of hydrogen-bond donors (Lipinski definition) is 3. The summed E-state index contributed by atoms with van der Waals surface area (Å²) in [5.74, 6) is -4.96. The van der Waals surface area contributed by atoms with E-state index < -0.39 is 35.7 Å². The highest BCUT2D eigenvalue weighted by atomic mass is 16.4. The van der Waals surface area contributed by atoms with Crippen LogP contribution in [0, 0.1) is 17.8 Å². The highest BCUT2D eigenvalue weighted by Gasteiger charge is 2.37. The number of nitrogens with zero attached hydrogens (tertiary/aromatic N) is 1. The van der Waals surface area contributed by atoms with Crippen LogP contribution in [-0.4, -0.2) is 63.9 Å². The molecular weight excluding hydrogens is 470 g/mol. The van der Waals surface area contributed by atoms with E-state index >= 15 is 0 Å². The first kappa shape index (κ1) is 35.1. The summed E-state index contributed by atoms with van der Waals surface area (Å²) in [4.78, 5) is 34.7. The molecule has 0 bridgehead atoms. The lowest BCUT2D eigenvalue weighted by molar-refractivity contribution is -0.928. The number of unbranched alkanes of at least 4 members (excludes halogenated alkanes) is 13. The van der Waals surface area contributed by atoms with Gasteiger partial charge in [-0.15, -0.1) is 0 Å². The first-order chi connectivity index (χ1) is 17.5. The van der Waals surface area contributed by atoms with E-state index in [9.17, 15) is 29.7 Å². The van der Waals surface area contributed by atoms with Gasteiger partial charge < -0.3 is 19.8 Å². The van der Waals surface area contributed by atoms with Crippen molar-refractivity contribution in [2.45, 2.75) is 118 Å². The van der Waals surface area contributed by atoms with Crippen LogP contribution in [0.4, 0.5) is 0 Å². The summed E-state index contributed by atoms with van der Waals surface area (Å²) in [6.45, 7) is 8.10. The maximum atomic E-state index is 11.6. The second-order valence-corrected chi connectivity index (χ2v) is 11.3. The normalized spacial score (nSPS) is 15.8. The number of carboxylic acid groups (broad SMARTS) is 3. The summed E-state index contributed by atoms with van der Waals surface area (Å²) >= 11 is 0. The Kier molecular flexibility index (Phi) is 20.0. The smallest absolute Gasteiger partial charge is 0.311 e. The first-order valence-electron chi connectivity index (χ1n) is 14.7. The van der Waals surface area contributed by atoms with Gasteiger partial charge in [0.2, 0.25) is 0 Å². The zero-order valence-electron chi connectivity index (χ0n) is 24.1. The van der Waals surface area contributed by atoms with Crippen LogP contribution in [-0.2, 0) is 14.4 Å². The van der Waals surface area contributed by atoms with E-state index in [1.54, 1.807) is 20.8 Å². The Hall–Kier alpha value is -1.89. The summed E-state index contributed by atoms with van der Waals surface area (Å²) in [6.07, 6.45) is 22.0. The molecule has 3 atom stereocenters. The van der Waals surface area contributed by atoms with Gasteiger partial charge in [0.1, 0.15) is 17.8 Å². The fraction of sp³-hybridized carbons (Fsp3) is 0.833. The van der Waals surface area contributed by atoms with E-state index in [0.717, 1.165) is 12.8 Å². The summed E-state index contributed by atoms with van der Waals surface area (Å²) in [5, 5.41) is 28.5. The van der Waals surface area contributed by atoms with Crippen molar-refractivity contribution in [1.29, 1.82) is 0 Å². The van der Waals surface area contributed by atoms with Crippen molar-refractivity contribution in [2.24, 2.45) is 17.8 Å². The molecule has 3 unspecified atom stereocenters. The van der Waals surface area contributed by atoms with Gasteiger partial charge >= 0.3 is 17.9 Å². The lowest BCUT2D eigenvalue weighted by Crippen LogP contribution is -2.57. The van der Waals surface area contributed by atoms with Gasteiger partial charge in [0.25, 0.3) is 0 Å². The first-order valence-corrected chi connectivity index (χ1v) is 14.7. The van der Waals surface area contributed by atoms with Crippen molar-refractivity contribution in [3.63, 3.8) is 0 Å². The average molecular weight is 527 g/mol. The maximum Gasteiger partial charge on any atom is 0.311 e. The van der Waals surface area contributed by atoms with Gasteiger partial charge in [-0.25, -0.2) is 0 Å². The quantitative estimate of drug-likeness (QED) is 0.0670. The van der Waals surface area contributed by atoms with Crippen molar-refractivity contribution in [3.05, 3.63) is 12.2 Å². The molecule has 0 spiro atoms. The van der Waals surface area contributed by atoms with E-state index in [4.69, 9.17) is 0 Å². The van der Waals surface area contributed by atoms with E-state index in [-0.39, 0.29) is 24.1 Å². The molecule has 0 heterocycles. The van der Waals surface area contributed by atoms with E-state index in [1.807, 2.05) is 6.08 Å². The third kappa shape index (κ3) is 18.1. The average Bonchev–Trinajstić information content (AvgIpc) is 2.83. The minimum atomic E-state index is -0.954. The highest BCUT2D eigenvalue weighted by molar-refractivity contribution is 5.70. The molecule has 3 N–H and O–H groups in total. The molecule has 0 aromatic heterocycles. The van der Waals surface area contributed by atoms with Crippen LogP contribution in [0.1, 0.15) is 118 Å². The number of carboxylic acids is 3. The second kappa shape index (κ2) is 21.1. The van der Waals surface area contributed by atoms with Crippen molar-refractivity contribution in [3.8, 4) is 0 Å². The Morgan fingerprint density at radius 3 is 1.22 bits per heavy atom. The Balaban J connectivity index is 4.59. The molecule has 0 aliphatic carbocycles. The van der Waals surface area contributed by atoms with Crippen LogP contribution >= 0.6 is 0 Å². The molecule has 7 heteroatoms. The van der Waals surface area contributed by atoms with Crippen LogP contribution in [0.5, 0.6) is 0 Å². The summed E-state index contributed by atoms with van der Waals surface area (Å²) in [6, 6.07) is 0. The van der Waals surface area contributed by atoms with Gasteiger partial charge in [0.05, 0.1) is 26.2 Å². The number of hydrogen-bond acceptors (Lipinski definition) is 3. The number of rotatable bonds is 25. The summed E-state index contributed by atoms with van der Waals surface area (Å²) in [7, 11) is 0. The third-order valence-corrected chi connectivity index (χ3v) is 7.38. The predicted octanol–water partition coefficient (Wildman–Crippen LogP) is 7.00. The SMILES string of the molecule is CCCCCCCCCCCCCCC/C=C/C[N+](CC(C)C(=O)O)(CC(C)C(=O)O)CC(C)C(=O)O. The molecule has 7 nitrogen and oxygen atoms in total. The second-order valence-electron chi connectivity index (χ2n) is 11.3. The van der Waals surface area contributed by atoms with Crippen molar-refractivity contribution in [1.82, 2.24) is 0 Å². The van der Waals surface area contributed by atoms with Gasteiger partial charge in [0, 0.05) is 0 Å². The van der Waals surface area contributed by atoms with Crippen molar-refractivity contribution < 1.29 is 34.2 Å². The van der Waals surface area contributed by atoms with Crippen LogP contribution in [0.25, 0.3) is 0 Å². The van der Waals surface area contributed by atoms with Crippen LogP contribution in [0.2, 0.25) is 0 Å². The minimum absolute atomic E-state index is 0.142. The van der Waals surface area contributed by atoms with Gasteiger partial charge in [0.15, 0.2) is 0 Å². The Labute approximate surface area is 225 Å². The zero-order valence-corrected chi connectivity index (χ0v) is 24.1. The molecule has 0 fully saturated rings. The Morgan fingerprint density at radius 2 is 0.892 bits per heavy atom. The number of quaternary nitrogens is 1. The highest BCUT2D eigenvalue weighted by Crippen LogP contribution is 2.21. The molecule has 0 saturated heterocycles. The van der Waals surface area contributed by atoms with Crippen LogP contribution in [0.15, 0.2) is 12.2 Å². The third-order valence-electron chi connectivity index (χ3n) is 7.38. The zero-order chi connectivity index (χ0) is 28.1. The predicted molar refractivity (Wildman–Crippen MR) is 150 cm³/mol. The summed E-state index contributed by atoms with van der Waals surface area (Å²) < 4.78 is 0.142. The van der Waals surface area contributed by atoms with Crippen LogP contribution < -0.4 is 0 Å². The molecule has 0 saturated carbocycles. The van der Waals surface area contributed by atoms with E-state index in [1.165, 1.54) is 77.0 Å². The van der Waals surface area contributed by atoms with Crippen LogP contribution in [0.3, 0.4) is 0 Å². The fourth-order valence-corrected chi connectivity index (χ4v) is 5.12. The van der Waals surface area contributed by atoms with Crippen molar-refractivity contribution in [2.75, 3.05) is 26.2 Å². The monoisotopic (exact) mass is 526 g/mol. The minimum Gasteiger partial charge on any atom is -0.481 e. The van der Waals surface area contributed by atoms with E-state index in [2.05, 4.69) is 13.0 Å². The molecule has 0 aliphatic rings.